The van der Waals surface area contributed by atoms with Crippen LogP contribution < -0.4 is 16.4 Å². The Morgan fingerprint density at radius 1 is 1.09 bits per heavy atom. The molecule has 0 amide bonds. The molecule has 1 fully saturated rings. The minimum Gasteiger partial charge on any atom is -0.383 e. The van der Waals surface area contributed by atoms with Crippen molar-refractivity contribution >= 4 is 17.3 Å². The SMILES string of the molecule is Cc1ccc(N2Cc3nc(-c4ccc(F)cc4)c(N)n3CC2C(=O)[C@@H]2CCCC2N)cc1. The average Bonchev–Trinajstić information content (AvgIpc) is 3.36. The number of nitrogens with two attached hydrogens (primary N) is 2. The van der Waals surface area contributed by atoms with E-state index in [-0.39, 0.29) is 29.6 Å². The summed E-state index contributed by atoms with van der Waals surface area (Å²) >= 11 is 0. The molecule has 2 heterocycles. The second-order valence-electron chi connectivity index (χ2n) is 8.96. The van der Waals surface area contributed by atoms with E-state index in [0.717, 1.165) is 41.9 Å². The van der Waals surface area contributed by atoms with Gasteiger partial charge in [0.2, 0.25) is 0 Å². The average molecular weight is 434 g/mol. The minimum atomic E-state index is -0.364. The fraction of sp³-hybridized carbons (Fsp3) is 0.360. The second kappa shape index (κ2) is 8.06. The molecule has 0 spiro atoms. The molecule has 5 rings (SSSR count). The Bertz CT molecular complexity index is 1140. The number of imidazole rings is 1. The fourth-order valence-electron chi connectivity index (χ4n) is 5.03. The zero-order chi connectivity index (χ0) is 22.4. The van der Waals surface area contributed by atoms with E-state index < -0.39 is 0 Å². The number of rotatable bonds is 4. The van der Waals surface area contributed by atoms with Gasteiger partial charge < -0.3 is 20.9 Å². The predicted molar refractivity (Wildman–Crippen MR) is 124 cm³/mol. The maximum absolute atomic E-state index is 13.7. The molecule has 1 saturated carbocycles. The second-order valence-corrected chi connectivity index (χ2v) is 8.96. The van der Waals surface area contributed by atoms with Gasteiger partial charge in [0.05, 0.1) is 13.1 Å². The van der Waals surface area contributed by atoms with Gasteiger partial charge in [-0.2, -0.15) is 0 Å². The van der Waals surface area contributed by atoms with Gasteiger partial charge in [-0.25, -0.2) is 9.37 Å². The number of hydrogen-bond donors (Lipinski definition) is 2. The first kappa shape index (κ1) is 20.7. The molecule has 32 heavy (non-hydrogen) atoms. The molecule has 2 aliphatic rings. The molecule has 4 N–H and O–H groups in total. The number of aryl methyl sites for hydroxylation is 1. The van der Waals surface area contributed by atoms with Gasteiger partial charge in [-0.05, 0) is 56.2 Å². The molecule has 1 aromatic heterocycles. The lowest BCUT2D eigenvalue weighted by Gasteiger charge is -2.38. The lowest BCUT2D eigenvalue weighted by atomic mass is 9.91. The molecular weight excluding hydrogens is 405 g/mol. The number of halogens is 1. The van der Waals surface area contributed by atoms with Crippen LogP contribution in [0.1, 0.15) is 30.7 Å². The summed E-state index contributed by atoms with van der Waals surface area (Å²) in [6.45, 7) is 2.93. The van der Waals surface area contributed by atoms with Crippen LogP contribution >= 0.6 is 0 Å². The highest BCUT2D eigenvalue weighted by atomic mass is 19.1. The van der Waals surface area contributed by atoms with Gasteiger partial charge in [-0.1, -0.05) is 24.1 Å². The summed E-state index contributed by atoms with van der Waals surface area (Å²) in [5.41, 5.74) is 16.3. The van der Waals surface area contributed by atoms with Crippen molar-refractivity contribution in [3.8, 4) is 11.3 Å². The smallest absolute Gasteiger partial charge is 0.161 e. The maximum atomic E-state index is 13.7. The van der Waals surface area contributed by atoms with Crippen molar-refractivity contribution in [2.24, 2.45) is 11.7 Å². The van der Waals surface area contributed by atoms with Crippen LogP contribution in [0.5, 0.6) is 0 Å². The molecule has 0 radical (unpaired) electrons. The predicted octanol–water partition coefficient (Wildman–Crippen LogP) is 3.67. The summed E-state index contributed by atoms with van der Waals surface area (Å²) in [5.74, 6) is 1.04. The molecule has 2 aromatic carbocycles. The maximum Gasteiger partial charge on any atom is 0.161 e. The molecular formula is C25H28FN5O. The molecule has 2 unspecified atom stereocenters. The van der Waals surface area contributed by atoms with E-state index in [2.05, 4.69) is 17.0 Å². The third-order valence-electron chi connectivity index (χ3n) is 6.88. The summed E-state index contributed by atoms with van der Waals surface area (Å²) in [6.07, 6.45) is 2.72. The topological polar surface area (TPSA) is 90.2 Å². The van der Waals surface area contributed by atoms with E-state index in [4.69, 9.17) is 16.5 Å². The molecule has 0 bridgehead atoms. The van der Waals surface area contributed by atoms with Crippen LogP contribution in [0, 0.1) is 18.7 Å². The Morgan fingerprint density at radius 3 is 2.47 bits per heavy atom. The summed E-state index contributed by atoms with van der Waals surface area (Å²) < 4.78 is 15.3. The van der Waals surface area contributed by atoms with Gasteiger partial charge in [0.1, 0.15) is 29.2 Å². The molecule has 166 valence electrons. The number of anilines is 2. The largest absolute Gasteiger partial charge is 0.383 e. The number of carbonyl (C=O) groups is 1. The minimum absolute atomic E-state index is 0.0846. The highest BCUT2D eigenvalue weighted by molar-refractivity contribution is 5.90. The van der Waals surface area contributed by atoms with Gasteiger partial charge in [-0.15, -0.1) is 0 Å². The molecule has 7 heteroatoms. The highest BCUT2D eigenvalue weighted by Crippen LogP contribution is 2.35. The third kappa shape index (κ3) is 3.56. The molecule has 0 saturated heterocycles. The number of nitrogens with zero attached hydrogens (tertiary/aromatic N) is 3. The van der Waals surface area contributed by atoms with Gasteiger partial charge >= 0.3 is 0 Å². The number of aromatic nitrogens is 2. The van der Waals surface area contributed by atoms with Gasteiger partial charge in [0, 0.05) is 23.2 Å². The van der Waals surface area contributed by atoms with Crippen LogP contribution in [-0.4, -0.2) is 27.4 Å². The lowest BCUT2D eigenvalue weighted by molar-refractivity contribution is -0.124. The van der Waals surface area contributed by atoms with E-state index in [0.29, 0.717) is 24.6 Å². The van der Waals surface area contributed by atoms with Crippen molar-refractivity contribution in [3.63, 3.8) is 0 Å². The van der Waals surface area contributed by atoms with Crippen LogP contribution in [0.2, 0.25) is 0 Å². The standard InChI is InChI=1S/C25H28FN5O/c1-15-5-11-18(12-6-15)30-14-22-29-23(16-7-9-17(26)10-8-16)25(28)31(22)13-21(30)24(32)19-3-2-4-20(19)27/h5-12,19-21H,2-4,13-14,27-28H2,1H3/t19-,20?,21?/m1/s1. The molecule has 6 nitrogen and oxygen atoms in total. The van der Waals surface area contributed by atoms with Crippen LogP contribution in [0.15, 0.2) is 48.5 Å². The summed E-state index contributed by atoms with van der Waals surface area (Å²) in [4.78, 5) is 20.6. The first-order valence-electron chi connectivity index (χ1n) is 11.2. The van der Waals surface area contributed by atoms with Crippen molar-refractivity contribution in [1.29, 1.82) is 0 Å². The number of nitrogen functional groups attached to an aromatic ring is 1. The Morgan fingerprint density at radius 2 is 1.81 bits per heavy atom. The number of ketones is 1. The lowest BCUT2D eigenvalue weighted by Crippen LogP contribution is -2.52. The molecule has 1 aliphatic heterocycles. The zero-order valence-corrected chi connectivity index (χ0v) is 18.2. The van der Waals surface area contributed by atoms with E-state index in [1.807, 2.05) is 23.6 Å². The van der Waals surface area contributed by atoms with Crippen molar-refractivity contribution in [2.75, 3.05) is 10.6 Å². The van der Waals surface area contributed by atoms with Gasteiger partial charge in [0.15, 0.2) is 5.78 Å². The van der Waals surface area contributed by atoms with E-state index in [1.54, 1.807) is 12.1 Å². The highest BCUT2D eigenvalue weighted by Gasteiger charge is 2.40. The van der Waals surface area contributed by atoms with Crippen LogP contribution in [0.4, 0.5) is 15.9 Å². The molecule has 3 aromatic rings. The summed E-state index contributed by atoms with van der Waals surface area (Å²) in [6, 6.07) is 13.9. The summed E-state index contributed by atoms with van der Waals surface area (Å²) in [5, 5.41) is 0. The van der Waals surface area contributed by atoms with Crippen LogP contribution in [-0.2, 0) is 17.9 Å². The van der Waals surface area contributed by atoms with Gasteiger partial charge in [0.25, 0.3) is 0 Å². The first-order chi connectivity index (χ1) is 15.4. The Hall–Kier alpha value is -3.19. The number of Topliss-reactive ketones (excluding diaryl/α,β-unsaturated/α-hetero) is 1. The Balaban J connectivity index is 1.55. The molecule has 3 atom stereocenters. The van der Waals surface area contributed by atoms with Crippen molar-refractivity contribution in [3.05, 3.63) is 65.7 Å². The van der Waals surface area contributed by atoms with Crippen molar-refractivity contribution < 1.29 is 9.18 Å². The van der Waals surface area contributed by atoms with E-state index in [1.165, 1.54) is 12.1 Å². The first-order valence-corrected chi connectivity index (χ1v) is 11.2. The number of fused-ring (bicyclic) bond motifs is 1. The molecule has 1 aliphatic carbocycles. The number of hydrogen-bond acceptors (Lipinski definition) is 5. The van der Waals surface area contributed by atoms with Crippen LogP contribution in [0.25, 0.3) is 11.3 Å². The number of carbonyl (C=O) groups excluding carboxylic acids is 1. The number of benzene rings is 2. The third-order valence-corrected chi connectivity index (χ3v) is 6.88. The van der Waals surface area contributed by atoms with Crippen molar-refractivity contribution in [2.45, 2.75) is 51.4 Å². The Labute approximate surface area is 187 Å². The fourth-order valence-corrected chi connectivity index (χ4v) is 5.03. The monoisotopic (exact) mass is 433 g/mol. The van der Waals surface area contributed by atoms with E-state index >= 15 is 0 Å². The van der Waals surface area contributed by atoms with Crippen LogP contribution in [0.3, 0.4) is 0 Å². The van der Waals surface area contributed by atoms with E-state index in [9.17, 15) is 9.18 Å². The Kier molecular flexibility index (Phi) is 5.21. The van der Waals surface area contributed by atoms with Gasteiger partial charge in [-0.3, -0.25) is 4.79 Å². The summed E-state index contributed by atoms with van der Waals surface area (Å²) in [7, 11) is 0. The quantitative estimate of drug-likeness (QED) is 0.655. The van der Waals surface area contributed by atoms with Crippen molar-refractivity contribution in [1.82, 2.24) is 9.55 Å². The zero-order valence-electron chi connectivity index (χ0n) is 18.2. The normalized spacial score (nSPS) is 22.7.